The molecule has 1 aromatic heterocycles. The largest absolute Gasteiger partial charge is 0.514 e. The molecule has 1 fully saturated rings. The van der Waals surface area contributed by atoms with Crippen LogP contribution in [0.5, 0.6) is 11.5 Å². The van der Waals surface area contributed by atoms with E-state index in [9.17, 15) is 14.4 Å². The molecule has 2 heterocycles. The summed E-state index contributed by atoms with van der Waals surface area (Å²) in [6, 6.07) is 12.2. The molecule has 3 aromatic rings. The van der Waals surface area contributed by atoms with Gasteiger partial charge in [-0.25, -0.2) is 9.59 Å². The summed E-state index contributed by atoms with van der Waals surface area (Å²) in [5.41, 5.74) is 2.69. The van der Waals surface area contributed by atoms with Gasteiger partial charge in [0.25, 0.3) is 5.91 Å². The molecule has 1 N–H and O–H groups in total. The molecule has 0 bridgehead atoms. The maximum Gasteiger partial charge on any atom is 0.514 e. The zero-order chi connectivity index (χ0) is 40.3. The minimum atomic E-state index is -0.890. The van der Waals surface area contributed by atoms with Gasteiger partial charge in [-0.2, -0.15) is 0 Å². The Morgan fingerprint density at radius 3 is 2.41 bits per heavy atom. The van der Waals surface area contributed by atoms with Crippen LogP contribution in [0.2, 0.25) is 0 Å². The first-order valence-electron chi connectivity index (χ1n) is 19.9. The zero-order valence-corrected chi connectivity index (χ0v) is 34.2. The predicted molar refractivity (Wildman–Crippen MR) is 213 cm³/mol. The van der Waals surface area contributed by atoms with Gasteiger partial charge in [0.05, 0.1) is 12.8 Å². The van der Waals surface area contributed by atoms with Crippen molar-refractivity contribution >= 4 is 23.8 Å². The molecular weight excluding hydrogens is 716 g/mol. The first kappa shape index (κ1) is 42.5. The van der Waals surface area contributed by atoms with Gasteiger partial charge in [0.1, 0.15) is 22.6 Å². The van der Waals surface area contributed by atoms with Crippen LogP contribution in [-0.4, -0.2) is 106 Å². The third kappa shape index (κ3) is 13.2. The zero-order valence-electron chi connectivity index (χ0n) is 34.2. The van der Waals surface area contributed by atoms with Crippen LogP contribution in [0.3, 0.4) is 0 Å². The normalized spacial score (nSPS) is 14.8. The molecule has 2 aliphatic rings. The summed E-state index contributed by atoms with van der Waals surface area (Å²) in [5, 5.41) is 11.1. The lowest BCUT2D eigenvalue weighted by atomic mass is 9.94. The van der Waals surface area contributed by atoms with Crippen molar-refractivity contribution in [2.45, 2.75) is 110 Å². The Hall–Kier alpha value is -4.69. The van der Waals surface area contributed by atoms with Gasteiger partial charge in [-0.05, 0) is 96.9 Å². The number of carbonyl (C=O) groups excluding carboxylic acids is 3. The molecule has 0 atom stereocenters. The van der Waals surface area contributed by atoms with E-state index in [4.69, 9.17) is 23.7 Å². The fourth-order valence-electron chi connectivity index (χ4n) is 6.92. The molecule has 1 saturated carbocycles. The first-order valence-corrected chi connectivity index (χ1v) is 19.9. The minimum absolute atomic E-state index is 0.120. The van der Waals surface area contributed by atoms with E-state index in [1.54, 1.807) is 42.5 Å². The molecule has 56 heavy (non-hydrogen) atoms. The molecule has 0 spiro atoms. The number of aromatic nitrogens is 3. The van der Waals surface area contributed by atoms with Crippen LogP contribution < -0.4 is 14.8 Å². The van der Waals surface area contributed by atoms with Crippen LogP contribution in [0, 0.1) is 0 Å². The molecule has 0 radical (unpaired) electrons. The summed E-state index contributed by atoms with van der Waals surface area (Å²) < 4.78 is 30.3. The Labute approximate surface area is 331 Å². The van der Waals surface area contributed by atoms with Gasteiger partial charge in [0.2, 0.25) is 0 Å². The Bertz CT molecular complexity index is 1770. The standard InChI is InChI=1S/C42H60N6O8/c1-41(2,3)55-39(50)48(22-19-31-17-18-35(54-40(51)56-42(4,5)6)37-38(31)53-29-36(49)43-37)24-23-47(33-15-9-8-10-16-33)21-12-25-52-26-20-30-13-11-14-32(27-30)34-28-46(7)45-44-34/h11,13-14,17-18,27-28,33H,8-10,12,15-16,19-26,29H2,1-7H3,(H,43,49). The molecule has 306 valence electrons. The summed E-state index contributed by atoms with van der Waals surface area (Å²) in [6.45, 7) is 14.3. The van der Waals surface area contributed by atoms with E-state index < -0.39 is 17.4 Å². The van der Waals surface area contributed by atoms with Crippen molar-refractivity contribution in [3.8, 4) is 22.8 Å². The van der Waals surface area contributed by atoms with Crippen molar-refractivity contribution in [3.05, 3.63) is 53.7 Å². The number of fused-ring (bicyclic) bond motifs is 1. The molecule has 1 aliphatic carbocycles. The number of hydrogen-bond acceptors (Lipinski definition) is 11. The Morgan fingerprint density at radius 1 is 0.929 bits per heavy atom. The summed E-state index contributed by atoms with van der Waals surface area (Å²) in [5.74, 6) is 0.156. The van der Waals surface area contributed by atoms with Gasteiger partial charge < -0.3 is 33.9 Å². The second-order valence-electron chi connectivity index (χ2n) is 16.6. The van der Waals surface area contributed by atoms with E-state index in [0.717, 1.165) is 49.0 Å². The van der Waals surface area contributed by atoms with Crippen LogP contribution in [-0.2, 0) is 38.9 Å². The lowest BCUT2D eigenvalue weighted by Crippen LogP contribution is -2.46. The van der Waals surface area contributed by atoms with Crippen molar-refractivity contribution in [3.63, 3.8) is 0 Å². The number of nitrogens with zero attached hydrogens (tertiary/aromatic N) is 5. The van der Waals surface area contributed by atoms with Crippen molar-refractivity contribution in [1.82, 2.24) is 24.8 Å². The number of rotatable bonds is 16. The highest BCUT2D eigenvalue weighted by Gasteiger charge is 2.29. The van der Waals surface area contributed by atoms with E-state index in [1.165, 1.54) is 24.8 Å². The average molecular weight is 777 g/mol. The molecule has 2 aromatic carbocycles. The van der Waals surface area contributed by atoms with E-state index in [2.05, 4.69) is 32.7 Å². The van der Waals surface area contributed by atoms with Crippen LogP contribution in [0.4, 0.5) is 15.3 Å². The van der Waals surface area contributed by atoms with Crippen LogP contribution >= 0.6 is 0 Å². The highest BCUT2D eigenvalue weighted by molar-refractivity contribution is 5.98. The van der Waals surface area contributed by atoms with Crippen molar-refractivity contribution in [2.75, 3.05) is 51.3 Å². The van der Waals surface area contributed by atoms with Crippen LogP contribution in [0.15, 0.2) is 42.6 Å². The van der Waals surface area contributed by atoms with E-state index in [1.807, 2.05) is 46.1 Å². The van der Waals surface area contributed by atoms with E-state index in [0.29, 0.717) is 51.1 Å². The molecule has 0 saturated heterocycles. The maximum absolute atomic E-state index is 13.6. The molecule has 14 heteroatoms. The number of anilines is 1. The molecule has 1 aliphatic heterocycles. The van der Waals surface area contributed by atoms with Crippen LogP contribution in [0.1, 0.15) is 91.2 Å². The number of ether oxygens (including phenoxy) is 5. The highest BCUT2D eigenvalue weighted by atomic mass is 16.7. The molecule has 5 rings (SSSR count). The lowest BCUT2D eigenvalue weighted by Gasteiger charge is -2.36. The fourth-order valence-corrected chi connectivity index (χ4v) is 6.92. The van der Waals surface area contributed by atoms with Gasteiger partial charge >= 0.3 is 12.2 Å². The van der Waals surface area contributed by atoms with Gasteiger partial charge in [0.15, 0.2) is 18.1 Å². The topological polar surface area (TPSA) is 147 Å². The van der Waals surface area contributed by atoms with E-state index in [-0.39, 0.29) is 30.0 Å². The van der Waals surface area contributed by atoms with Gasteiger partial charge in [-0.3, -0.25) is 14.4 Å². The Kier molecular flexibility index (Phi) is 14.7. The third-order valence-corrected chi connectivity index (χ3v) is 9.54. The predicted octanol–water partition coefficient (Wildman–Crippen LogP) is 7.19. The fraction of sp³-hybridized carbons (Fsp3) is 0.595. The Balaban J connectivity index is 1.20. The van der Waals surface area contributed by atoms with Gasteiger partial charge in [-0.1, -0.05) is 48.7 Å². The number of benzene rings is 2. The quantitative estimate of drug-likeness (QED) is 0.0896. The van der Waals surface area contributed by atoms with Crippen molar-refractivity contribution < 1.29 is 38.1 Å². The summed E-state index contributed by atoms with van der Waals surface area (Å²) in [6.07, 6.45) is 8.69. The second kappa shape index (κ2) is 19.4. The van der Waals surface area contributed by atoms with E-state index >= 15 is 0 Å². The summed E-state index contributed by atoms with van der Waals surface area (Å²) >= 11 is 0. The molecule has 0 unspecified atom stereocenters. The minimum Gasteiger partial charge on any atom is -0.481 e. The van der Waals surface area contributed by atoms with Crippen molar-refractivity contribution in [2.24, 2.45) is 7.05 Å². The van der Waals surface area contributed by atoms with Gasteiger partial charge in [-0.15, -0.1) is 5.10 Å². The van der Waals surface area contributed by atoms with Crippen LogP contribution in [0.25, 0.3) is 11.3 Å². The number of amides is 2. The molecular formula is C42H60N6O8. The number of hydrogen-bond donors (Lipinski definition) is 1. The molecule has 14 nitrogen and oxygen atoms in total. The number of carbonyl (C=O) groups is 3. The summed E-state index contributed by atoms with van der Waals surface area (Å²) in [4.78, 5) is 42.7. The smallest absolute Gasteiger partial charge is 0.481 e. The SMILES string of the molecule is Cn1cc(-c2cccc(CCOCCCN(CCN(CCc3ccc(OC(=O)OC(C)(C)C)c4c3OCC(=O)N4)C(=O)OC(C)(C)C)C3CCCCC3)c2)nn1. The Morgan fingerprint density at radius 2 is 1.70 bits per heavy atom. The molecule has 2 amide bonds. The third-order valence-electron chi connectivity index (χ3n) is 9.54. The average Bonchev–Trinajstić information content (AvgIpc) is 3.57. The monoisotopic (exact) mass is 776 g/mol. The van der Waals surface area contributed by atoms with Crippen molar-refractivity contribution in [1.29, 1.82) is 0 Å². The number of aryl methyl sites for hydroxylation is 1. The summed E-state index contributed by atoms with van der Waals surface area (Å²) in [7, 11) is 1.86. The number of nitrogens with one attached hydrogen (secondary N) is 1. The highest BCUT2D eigenvalue weighted by Crippen LogP contribution is 2.40. The first-order chi connectivity index (χ1) is 26.6. The van der Waals surface area contributed by atoms with Gasteiger partial charge in [0, 0.05) is 51.4 Å². The maximum atomic E-state index is 13.6. The second-order valence-corrected chi connectivity index (χ2v) is 16.6. The lowest BCUT2D eigenvalue weighted by molar-refractivity contribution is -0.118.